The molecule has 0 heterocycles. The number of nitrogens with one attached hydrogen (secondary N) is 1. The van der Waals surface area contributed by atoms with Gasteiger partial charge in [-0.3, -0.25) is 14.4 Å². The van der Waals surface area contributed by atoms with Crippen LogP contribution in [0.2, 0.25) is 0 Å². The van der Waals surface area contributed by atoms with E-state index in [0.717, 1.165) is 0 Å². The monoisotopic (exact) mass is 209 g/mol. The van der Waals surface area contributed by atoms with E-state index in [2.05, 4.69) is 0 Å². The van der Waals surface area contributed by atoms with Crippen LogP contribution in [0.4, 0.5) is 0 Å². The van der Waals surface area contributed by atoms with E-state index in [4.69, 9.17) is 9.42 Å². The Bertz CT molecular complexity index is 215. The number of hydrogen-bond donors (Lipinski definition) is 2. The lowest BCUT2D eigenvalue weighted by atomic mass is 10.2. The van der Waals surface area contributed by atoms with Crippen LogP contribution >= 0.6 is 7.75 Å². The van der Waals surface area contributed by atoms with Gasteiger partial charge in [-0.1, -0.05) is 13.8 Å². The molecule has 0 aromatic rings. The van der Waals surface area contributed by atoms with Crippen LogP contribution in [0.25, 0.3) is 0 Å². The first-order valence-electron chi connectivity index (χ1n) is 4.21. The molecule has 1 atom stereocenters. The summed E-state index contributed by atoms with van der Waals surface area (Å²) in [5.41, 5.74) is 0. The number of hydrogen-bond acceptors (Lipinski definition) is 3. The first kappa shape index (κ1) is 12.6. The van der Waals surface area contributed by atoms with E-state index in [1.54, 1.807) is 0 Å². The Morgan fingerprint density at radius 1 is 1.54 bits per heavy atom. The molecule has 6 heteroatoms. The fourth-order valence-corrected chi connectivity index (χ4v) is 2.02. The predicted molar refractivity (Wildman–Crippen MR) is 49.1 cm³/mol. The molecule has 0 saturated heterocycles. The van der Waals surface area contributed by atoms with Gasteiger partial charge >= 0.3 is 7.75 Å². The highest BCUT2D eigenvalue weighted by Crippen LogP contribution is 2.39. The van der Waals surface area contributed by atoms with Gasteiger partial charge in [-0.2, -0.15) is 0 Å². The fraction of sp³-hybridized carbons (Fsp3) is 0.857. The minimum atomic E-state index is -3.94. The minimum Gasteiger partial charge on any atom is -0.308 e. The van der Waals surface area contributed by atoms with Gasteiger partial charge in [0.25, 0.3) is 0 Å². The molecule has 0 radical (unpaired) electrons. The SMILES string of the molecule is CCC(CC)OP(=O)(O)NC(C)=O. The van der Waals surface area contributed by atoms with Gasteiger partial charge < -0.3 is 4.89 Å². The summed E-state index contributed by atoms with van der Waals surface area (Å²) in [5, 5.41) is 1.87. The third-order valence-corrected chi connectivity index (χ3v) is 2.68. The lowest BCUT2D eigenvalue weighted by Crippen LogP contribution is -2.21. The lowest BCUT2D eigenvalue weighted by Gasteiger charge is -2.18. The van der Waals surface area contributed by atoms with E-state index < -0.39 is 13.7 Å². The van der Waals surface area contributed by atoms with Crippen LogP contribution in [0.1, 0.15) is 33.6 Å². The average Bonchev–Trinajstić information content (AvgIpc) is 1.97. The number of carbonyl (C=O) groups excluding carboxylic acids is 1. The van der Waals surface area contributed by atoms with Crippen molar-refractivity contribution in [1.29, 1.82) is 0 Å². The van der Waals surface area contributed by atoms with Crippen molar-refractivity contribution in [2.24, 2.45) is 0 Å². The molecule has 78 valence electrons. The summed E-state index contributed by atoms with van der Waals surface area (Å²) in [6, 6.07) is 0. The van der Waals surface area contributed by atoms with Crippen molar-refractivity contribution in [3.63, 3.8) is 0 Å². The molecule has 0 aliphatic carbocycles. The molecule has 1 amide bonds. The summed E-state index contributed by atoms with van der Waals surface area (Å²) < 4.78 is 16.0. The Hall–Kier alpha value is -0.380. The molecular formula is C7H16NO4P. The Balaban J connectivity index is 4.14. The summed E-state index contributed by atoms with van der Waals surface area (Å²) in [7, 11) is -3.94. The second-order valence-electron chi connectivity index (χ2n) is 2.73. The molecule has 0 bridgehead atoms. The lowest BCUT2D eigenvalue weighted by molar-refractivity contribution is -0.117. The predicted octanol–water partition coefficient (Wildman–Crippen LogP) is 1.43. The minimum absolute atomic E-state index is 0.289. The van der Waals surface area contributed by atoms with Crippen LogP contribution in [0.5, 0.6) is 0 Å². The van der Waals surface area contributed by atoms with E-state index >= 15 is 0 Å². The van der Waals surface area contributed by atoms with Crippen molar-refractivity contribution in [3.8, 4) is 0 Å². The van der Waals surface area contributed by atoms with Crippen molar-refractivity contribution >= 4 is 13.7 Å². The van der Waals surface area contributed by atoms with Crippen molar-refractivity contribution in [3.05, 3.63) is 0 Å². The highest BCUT2D eigenvalue weighted by Gasteiger charge is 2.24. The summed E-state index contributed by atoms with van der Waals surface area (Å²) >= 11 is 0. The first-order chi connectivity index (χ1) is 5.91. The van der Waals surface area contributed by atoms with Gasteiger partial charge in [0.2, 0.25) is 5.91 Å². The maximum Gasteiger partial charge on any atom is 0.432 e. The Kier molecular flexibility index (Phi) is 5.21. The smallest absolute Gasteiger partial charge is 0.308 e. The molecule has 0 aliphatic rings. The molecule has 0 rings (SSSR count). The number of rotatable bonds is 5. The van der Waals surface area contributed by atoms with Gasteiger partial charge in [0.1, 0.15) is 0 Å². The Morgan fingerprint density at radius 3 is 2.31 bits per heavy atom. The highest BCUT2D eigenvalue weighted by molar-refractivity contribution is 7.51. The summed E-state index contributed by atoms with van der Waals surface area (Å²) in [6.45, 7) is 4.86. The zero-order chi connectivity index (χ0) is 10.5. The Labute approximate surface area is 78.1 Å². The molecule has 2 N–H and O–H groups in total. The molecule has 0 fully saturated rings. The van der Waals surface area contributed by atoms with E-state index in [0.29, 0.717) is 12.8 Å². The maximum absolute atomic E-state index is 11.2. The second kappa shape index (κ2) is 5.37. The summed E-state index contributed by atoms with van der Waals surface area (Å²) in [5.74, 6) is -0.572. The number of amides is 1. The third-order valence-electron chi connectivity index (χ3n) is 1.50. The van der Waals surface area contributed by atoms with Crippen molar-refractivity contribution in [2.75, 3.05) is 0 Å². The molecular weight excluding hydrogens is 193 g/mol. The van der Waals surface area contributed by atoms with Gasteiger partial charge in [0.05, 0.1) is 6.10 Å². The summed E-state index contributed by atoms with van der Waals surface area (Å²) in [4.78, 5) is 19.6. The van der Waals surface area contributed by atoms with E-state index in [1.165, 1.54) is 6.92 Å². The average molecular weight is 209 g/mol. The highest BCUT2D eigenvalue weighted by atomic mass is 31.2. The van der Waals surface area contributed by atoms with Crippen LogP contribution in [-0.2, 0) is 13.9 Å². The van der Waals surface area contributed by atoms with Gasteiger partial charge in [-0.05, 0) is 12.8 Å². The van der Waals surface area contributed by atoms with Gasteiger partial charge in [-0.25, -0.2) is 4.57 Å². The second-order valence-corrected chi connectivity index (χ2v) is 4.21. The quantitative estimate of drug-likeness (QED) is 0.671. The molecule has 13 heavy (non-hydrogen) atoms. The molecule has 5 nitrogen and oxygen atoms in total. The zero-order valence-corrected chi connectivity index (χ0v) is 9.01. The standard InChI is InChI=1S/C7H16NO4P/c1-4-7(5-2)12-13(10,11)8-6(3)9/h7H,4-5H2,1-3H3,(H2,8,9,10,11). The molecule has 0 aliphatic heterocycles. The first-order valence-corrected chi connectivity index (χ1v) is 5.79. The maximum atomic E-state index is 11.2. The molecule has 0 aromatic carbocycles. The molecule has 1 unspecified atom stereocenters. The van der Waals surface area contributed by atoms with E-state index in [1.807, 2.05) is 18.9 Å². The van der Waals surface area contributed by atoms with Gasteiger partial charge in [0.15, 0.2) is 0 Å². The van der Waals surface area contributed by atoms with Gasteiger partial charge in [0, 0.05) is 6.92 Å². The van der Waals surface area contributed by atoms with Gasteiger partial charge in [-0.15, -0.1) is 0 Å². The largest absolute Gasteiger partial charge is 0.432 e. The normalized spacial score (nSPS) is 15.5. The molecule has 0 saturated carbocycles. The van der Waals surface area contributed by atoms with E-state index in [9.17, 15) is 9.36 Å². The molecule has 0 spiro atoms. The zero-order valence-electron chi connectivity index (χ0n) is 8.11. The van der Waals surface area contributed by atoms with Crippen molar-refractivity contribution < 1.29 is 18.8 Å². The van der Waals surface area contributed by atoms with E-state index in [-0.39, 0.29) is 6.10 Å². The van der Waals surface area contributed by atoms with Crippen LogP contribution < -0.4 is 5.09 Å². The molecule has 0 aromatic heterocycles. The van der Waals surface area contributed by atoms with Crippen molar-refractivity contribution in [2.45, 2.75) is 39.7 Å². The number of carbonyl (C=O) groups is 1. The van der Waals surface area contributed by atoms with Crippen molar-refractivity contribution in [1.82, 2.24) is 5.09 Å². The Morgan fingerprint density at radius 2 is 2.00 bits per heavy atom. The van der Waals surface area contributed by atoms with Crippen LogP contribution in [0.15, 0.2) is 0 Å². The van der Waals surface area contributed by atoms with Crippen LogP contribution in [0.3, 0.4) is 0 Å². The fourth-order valence-electron chi connectivity index (χ4n) is 0.865. The topological polar surface area (TPSA) is 75.6 Å². The van der Waals surface area contributed by atoms with Crippen LogP contribution in [-0.4, -0.2) is 16.9 Å². The third kappa shape index (κ3) is 5.80. The van der Waals surface area contributed by atoms with Crippen LogP contribution in [0, 0.1) is 0 Å². The summed E-state index contributed by atoms with van der Waals surface area (Å²) in [6.07, 6.45) is 0.990.